The fourth-order valence-electron chi connectivity index (χ4n) is 3.54. The quantitative estimate of drug-likeness (QED) is 0.895. The molecule has 0 aromatic carbocycles. The number of pyridine rings is 1. The van der Waals surface area contributed by atoms with Crippen molar-refractivity contribution in [3.63, 3.8) is 0 Å². The first kappa shape index (κ1) is 16.1. The number of fused-ring (bicyclic) bond motifs is 1. The van der Waals surface area contributed by atoms with Crippen molar-refractivity contribution in [3.8, 4) is 0 Å². The van der Waals surface area contributed by atoms with Crippen LogP contribution in [0.25, 0.3) is 11.1 Å². The molecule has 7 heteroatoms. The lowest BCUT2D eigenvalue weighted by Crippen LogP contribution is -2.32. The number of carbonyl (C=O) groups is 2. The first-order valence-corrected chi connectivity index (χ1v) is 8.96. The lowest BCUT2D eigenvalue weighted by Gasteiger charge is -2.17. The summed E-state index contributed by atoms with van der Waals surface area (Å²) in [6, 6.07) is 1.90. The average Bonchev–Trinajstić information content (AvgIpc) is 3.19. The predicted octanol–water partition coefficient (Wildman–Crippen LogP) is 2.00. The Bertz CT molecular complexity index is 840. The number of aromatic nitrogens is 2. The Labute approximate surface area is 145 Å². The number of aryl methyl sites for hydroxylation is 1. The molecule has 3 heterocycles. The molecule has 2 aliphatic rings. The maximum atomic E-state index is 13.2. The van der Waals surface area contributed by atoms with Crippen LogP contribution < -0.4 is 5.73 Å². The molecular weight excluding hydrogens is 320 g/mol. The summed E-state index contributed by atoms with van der Waals surface area (Å²) in [6.45, 7) is 2.99. The second kappa shape index (κ2) is 6.13. The molecule has 25 heavy (non-hydrogen) atoms. The number of likely N-dealkylation sites (tertiary alicyclic amines) is 1. The zero-order valence-corrected chi connectivity index (χ0v) is 14.3. The third-order valence-corrected chi connectivity index (χ3v) is 5.13. The summed E-state index contributed by atoms with van der Waals surface area (Å²) in [4.78, 5) is 30.9. The van der Waals surface area contributed by atoms with Gasteiger partial charge in [-0.2, -0.15) is 0 Å². The van der Waals surface area contributed by atoms with Gasteiger partial charge in [0.15, 0.2) is 0 Å². The van der Waals surface area contributed by atoms with Crippen LogP contribution in [0.1, 0.15) is 60.3 Å². The van der Waals surface area contributed by atoms with Crippen LogP contribution in [0.4, 0.5) is 0 Å². The number of amides is 2. The maximum Gasteiger partial charge on any atom is 0.259 e. The van der Waals surface area contributed by atoms with Gasteiger partial charge in [0.1, 0.15) is 0 Å². The van der Waals surface area contributed by atoms with Gasteiger partial charge >= 0.3 is 0 Å². The lowest BCUT2D eigenvalue weighted by molar-refractivity contribution is -0.121. The standard InChI is InChI=1S/C18H22N4O3/c1-2-3-13-15-12(18(24)22-7-6-11(9-22)16(19)23)8-14(10-4-5-10)20-17(15)25-21-13/h8,10-11H,2-7,9H2,1H3,(H2,19,23). The van der Waals surface area contributed by atoms with Crippen molar-refractivity contribution in [1.29, 1.82) is 0 Å². The summed E-state index contributed by atoms with van der Waals surface area (Å²) in [5.74, 6) is -0.279. The molecule has 1 aliphatic heterocycles. The molecule has 0 radical (unpaired) electrons. The van der Waals surface area contributed by atoms with E-state index in [-0.39, 0.29) is 17.7 Å². The molecule has 2 fully saturated rings. The topological polar surface area (TPSA) is 102 Å². The molecule has 0 bridgehead atoms. The first-order chi connectivity index (χ1) is 12.1. The molecule has 1 saturated heterocycles. The molecule has 2 aromatic heterocycles. The van der Waals surface area contributed by atoms with E-state index in [0.717, 1.165) is 42.5 Å². The molecule has 2 aromatic rings. The Hall–Kier alpha value is -2.44. The largest absolute Gasteiger partial charge is 0.369 e. The van der Waals surface area contributed by atoms with E-state index in [0.29, 0.717) is 36.7 Å². The SMILES string of the molecule is CCCc1noc2nc(C3CC3)cc(C(=O)N3CCC(C(N)=O)C3)c12. The van der Waals surface area contributed by atoms with Crippen LogP contribution in [-0.4, -0.2) is 39.9 Å². The van der Waals surface area contributed by atoms with Gasteiger partial charge in [0.25, 0.3) is 11.6 Å². The number of primary amides is 1. The van der Waals surface area contributed by atoms with Crippen LogP contribution in [0.5, 0.6) is 0 Å². The Morgan fingerprint density at radius 3 is 2.80 bits per heavy atom. The zero-order chi connectivity index (χ0) is 17.6. The minimum absolute atomic E-state index is 0.0846. The van der Waals surface area contributed by atoms with Crippen LogP contribution in [0.3, 0.4) is 0 Å². The number of carbonyl (C=O) groups excluding carboxylic acids is 2. The highest BCUT2D eigenvalue weighted by atomic mass is 16.5. The number of rotatable bonds is 5. The first-order valence-electron chi connectivity index (χ1n) is 8.96. The average molecular weight is 342 g/mol. The molecule has 2 amide bonds. The number of hydrogen-bond donors (Lipinski definition) is 1. The minimum Gasteiger partial charge on any atom is -0.369 e. The highest BCUT2D eigenvalue weighted by Gasteiger charge is 2.34. The number of nitrogens with two attached hydrogens (primary N) is 1. The van der Waals surface area contributed by atoms with Crippen LogP contribution in [0.15, 0.2) is 10.6 Å². The summed E-state index contributed by atoms with van der Waals surface area (Å²) in [6.07, 6.45) is 4.45. The van der Waals surface area contributed by atoms with E-state index in [2.05, 4.69) is 17.1 Å². The van der Waals surface area contributed by atoms with Gasteiger partial charge in [-0.05, 0) is 31.7 Å². The van der Waals surface area contributed by atoms with Gasteiger partial charge in [-0.15, -0.1) is 0 Å². The lowest BCUT2D eigenvalue weighted by atomic mass is 10.0. The van der Waals surface area contributed by atoms with Crippen molar-refractivity contribution < 1.29 is 14.1 Å². The van der Waals surface area contributed by atoms with E-state index in [1.54, 1.807) is 4.90 Å². The molecule has 7 nitrogen and oxygen atoms in total. The van der Waals surface area contributed by atoms with Gasteiger partial charge < -0.3 is 15.2 Å². The van der Waals surface area contributed by atoms with E-state index >= 15 is 0 Å². The van der Waals surface area contributed by atoms with Gasteiger partial charge in [0.2, 0.25) is 5.91 Å². The van der Waals surface area contributed by atoms with Crippen molar-refractivity contribution in [1.82, 2.24) is 15.0 Å². The van der Waals surface area contributed by atoms with Gasteiger partial charge in [-0.1, -0.05) is 18.5 Å². The van der Waals surface area contributed by atoms with Gasteiger partial charge in [0.05, 0.1) is 22.6 Å². The monoisotopic (exact) mass is 342 g/mol. The highest BCUT2D eigenvalue weighted by Crippen LogP contribution is 2.41. The predicted molar refractivity (Wildman–Crippen MR) is 91.0 cm³/mol. The number of nitrogens with zero attached hydrogens (tertiary/aromatic N) is 3. The second-order valence-corrected chi connectivity index (χ2v) is 7.07. The van der Waals surface area contributed by atoms with Crippen molar-refractivity contribution in [3.05, 3.63) is 23.0 Å². The highest BCUT2D eigenvalue weighted by molar-refractivity contribution is 6.06. The van der Waals surface area contributed by atoms with Gasteiger partial charge in [0, 0.05) is 24.7 Å². The Morgan fingerprint density at radius 2 is 2.16 bits per heavy atom. The van der Waals surface area contributed by atoms with Crippen LogP contribution in [0.2, 0.25) is 0 Å². The fraction of sp³-hybridized carbons (Fsp3) is 0.556. The second-order valence-electron chi connectivity index (χ2n) is 7.07. The van der Waals surface area contributed by atoms with Crippen LogP contribution >= 0.6 is 0 Å². The molecule has 4 rings (SSSR count). The van der Waals surface area contributed by atoms with E-state index in [1.165, 1.54) is 0 Å². The van der Waals surface area contributed by atoms with E-state index in [9.17, 15) is 9.59 Å². The van der Waals surface area contributed by atoms with Crippen LogP contribution in [-0.2, 0) is 11.2 Å². The zero-order valence-electron chi connectivity index (χ0n) is 14.3. The summed E-state index contributed by atoms with van der Waals surface area (Å²) >= 11 is 0. The van der Waals surface area contributed by atoms with E-state index < -0.39 is 0 Å². The molecule has 1 aliphatic carbocycles. The maximum absolute atomic E-state index is 13.2. The smallest absolute Gasteiger partial charge is 0.259 e. The minimum atomic E-state index is -0.342. The van der Waals surface area contributed by atoms with Crippen molar-refractivity contribution in [2.24, 2.45) is 11.7 Å². The van der Waals surface area contributed by atoms with Crippen LogP contribution in [0, 0.1) is 5.92 Å². The van der Waals surface area contributed by atoms with E-state index in [4.69, 9.17) is 10.3 Å². The summed E-state index contributed by atoms with van der Waals surface area (Å²) in [7, 11) is 0. The summed E-state index contributed by atoms with van der Waals surface area (Å²) in [5.41, 5.74) is 8.12. The molecule has 0 spiro atoms. The van der Waals surface area contributed by atoms with Gasteiger partial charge in [-0.25, -0.2) is 4.98 Å². The number of hydrogen-bond acceptors (Lipinski definition) is 5. The molecule has 2 N–H and O–H groups in total. The normalized spacial score (nSPS) is 20.4. The van der Waals surface area contributed by atoms with Crippen molar-refractivity contribution in [2.75, 3.05) is 13.1 Å². The molecule has 1 unspecified atom stereocenters. The molecule has 1 atom stereocenters. The summed E-state index contributed by atoms with van der Waals surface area (Å²) < 4.78 is 5.43. The van der Waals surface area contributed by atoms with Crippen molar-refractivity contribution >= 4 is 22.9 Å². The Balaban J connectivity index is 1.74. The Morgan fingerprint density at radius 1 is 1.36 bits per heavy atom. The fourth-order valence-corrected chi connectivity index (χ4v) is 3.54. The van der Waals surface area contributed by atoms with Gasteiger partial charge in [-0.3, -0.25) is 9.59 Å². The van der Waals surface area contributed by atoms with Crippen molar-refractivity contribution in [2.45, 2.75) is 44.9 Å². The third-order valence-electron chi connectivity index (χ3n) is 5.13. The Kier molecular flexibility index (Phi) is 3.94. The molecular formula is C18H22N4O3. The summed E-state index contributed by atoms with van der Waals surface area (Å²) in [5, 5.41) is 4.86. The molecule has 132 valence electrons. The molecule has 1 saturated carbocycles. The third kappa shape index (κ3) is 2.88. The van der Waals surface area contributed by atoms with E-state index in [1.807, 2.05) is 6.07 Å².